The summed E-state index contributed by atoms with van der Waals surface area (Å²) >= 11 is 0. The zero-order valence-corrected chi connectivity index (χ0v) is 13.8. The van der Waals surface area contributed by atoms with Crippen LogP contribution in [0.15, 0.2) is 41.5 Å². The summed E-state index contributed by atoms with van der Waals surface area (Å²) in [5.74, 6) is -0.567. The fourth-order valence-electron chi connectivity index (χ4n) is 2.42. The molecule has 2 rings (SSSR count). The third-order valence-corrected chi connectivity index (χ3v) is 3.79. The molecule has 0 radical (unpaired) electrons. The molecule has 0 aliphatic heterocycles. The number of allylic oxidation sites excluding steroid dienone is 3. The van der Waals surface area contributed by atoms with Crippen LogP contribution in [0.25, 0.3) is 0 Å². The summed E-state index contributed by atoms with van der Waals surface area (Å²) < 4.78 is 5.61. The van der Waals surface area contributed by atoms with Gasteiger partial charge in [0, 0.05) is 11.1 Å². The predicted molar refractivity (Wildman–Crippen MR) is 89.0 cm³/mol. The number of ether oxygens (including phenoxy) is 1. The molecule has 0 amide bonds. The van der Waals surface area contributed by atoms with Gasteiger partial charge in [0.25, 0.3) is 0 Å². The Morgan fingerprint density at radius 1 is 1.13 bits per heavy atom. The summed E-state index contributed by atoms with van der Waals surface area (Å²) in [7, 11) is 0. The Morgan fingerprint density at radius 2 is 1.83 bits per heavy atom. The van der Waals surface area contributed by atoms with Crippen LogP contribution < -0.4 is 4.74 Å². The largest absolute Gasteiger partial charge is 0.490 e. The van der Waals surface area contributed by atoms with Crippen LogP contribution in [-0.2, 0) is 0 Å². The molecule has 4 heteroatoms. The number of Topliss-reactive ketones (excluding diaryl/α,β-unsaturated/α-hetero) is 2. The molecule has 0 fully saturated rings. The maximum atomic E-state index is 11.8. The van der Waals surface area contributed by atoms with Crippen molar-refractivity contribution in [2.24, 2.45) is 0 Å². The number of aliphatic hydroxyl groups is 1. The van der Waals surface area contributed by atoms with Gasteiger partial charge in [0.1, 0.15) is 12.4 Å². The second kappa shape index (κ2) is 7.38. The Bertz CT molecular complexity index is 679. The predicted octanol–water partition coefficient (Wildman–Crippen LogP) is 3.50. The number of hydrogen-bond acceptors (Lipinski definition) is 4. The van der Waals surface area contributed by atoms with E-state index in [1.165, 1.54) is 23.3 Å². The summed E-state index contributed by atoms with van der Waals surface area (Å²) in [5.41, 5.74) is 3.06. The van der Waals surface area contributed by atoms with Crippen molar-refractivity contribution in [1.82, 2.24) is 0 Å². The first kappa shape index (κ1) is 17.2. The van der Waals surface area contributed by atoms with Crippen LogP contribution >= 0.6 is 0 Å². The number of rotatable bonds is 6. The van der Waals surface area contributed by atoms with Gasteiger partial charge in [-0.15, -0.1) is 0 Å². The minimum absolute atomic E-state index is 0.240. The molecule has 0 spiro atoms. The van der Waals surface area contributed by atoms with E-state index >= 15 is 0 Å². The van der Waals surface area contributed by atoms with Crippen molar-refractivity contribution in [3.05, 3.63) is 52.6 Å². The van der Waals surface area contributed by atoms with E-state index in [0.717, 1.165) is 12.8 Å². The highest BCUT2D eigenvalue weighted by atomic mass is 16.5. The zero-order valence-electron chi connectivity index (χ0n) is 13.8. The van der Waals surface area contributed by atoms with Crippen LogP contribution in [0.5, 0.6) is 5.75 Å². The molecule has 122 valence electrons. The summed E-state index contributed by atoms with van der Waals surface area (Å²) in [6.45, 7) is 6.63. The molecule has 1 N–H and O–H groups in total. The molecule has 1 aliphatic carbocycles. The van der Waals surface area contributed by atoms with Crippen molar-refractivity contribution in [3.8, 4) is 5.75 Å². The van der Waals surface area contributed by atoms with E-state index in [0.29, 0.717) is 12.4 Å². The smallest absolute Gasteiger partial charge is 0.200 e. The van der Waals surface area contributed by atoms with E-state index in [4.69, 9.17) is 4.74 Å². The molecule has 0 saturated carbocycles. The Hall–Kier alpha value is -2.20. The van der Waals surface area contributed by atoms with Crippen molar-refractivity contribution < 1.29 is 19.4 Å². The van der Waals surface area contributed by atoms with E-state index in [-0.39, 0.29) is 11.1 Å². The van der Waals surface area contributed by atoms with Crippen LogP contribution in [0.1, 0.15) is 54.3 Å². The second-order valence-corrected chi connectivity index (χ2v) is 6.02. The molecule has 1 aromatic carbocycles. The SMILES string of the molecule is CC(C)=CCC/C(C)=C/COc1ccc2c(c1)C(=O)C(O)C2=O. The van der Waals surface area contributed by atoms with Crippen molar-refractivity contribution in [2.75, 3.05) is 6.61 Å². The van der Waals surface area contributed by atoms with Crippen molar-refractivity contribution >= 4 is 11.6 Å². The fraction of sp³-hybridized carbons (Fsp3) is 0.368. The minimum Gasteiger partial charge on any atom is -0.490 e. The summed E-state index contributed by atoms with van der Waals surface area (Å²) in [5, 5.41) is 9.49. The Kier molecular flexibility index (Phi) is 5.50. The average Bonchev–Trinajstić information content (AvgIpc) is 2.72. The van der Waals surface area contributed by atoms with Gasteiger partial charge in [-0.3, -0.25) is 9.59 Å². The van der Waals surface area contributed by atoms with E-state index in [9.17, 15) is 14.7 Å². The highest BCUT2D eigenvalue weighted by molar-refractivity contribution is 6.28. The Morgan fingerprint density at radius 3 is 2.52 bits per heavy atom. The summed E-state index contributed by atoms with van der Waals surface area (Å²) in [6.07, 6.45) is 4.65. The number of benzene rings is 1. The van der Waals surface area contributed by atoms with E-state index < -0.39 is 17.7 Å². The average molecular weight is 314 g/mol. The molecular formula is C19H22O4. The van der Waals surface area contributed by atoms with Gasteiger partial charge in [-0.1, -0.05) is 17.2 Å². The number of ketones is 2. The van der Waals surface area contributed by atoms with E-state index in [1.54, 1.807) is 6.07 Å². The summed E-state index contributed by atoms with van der Waals surface area (Å²) in [4.78, 5) is 23.4. The monoisotopic (exact) mass is 314 g/mol. The van der Waals surface area contributed by atoms with E-state index in [1.807, 2.05) is 6.08 Å². The van der Waals surface area contributed by atoms with Crippen LogP contribution in [0, 0.1) is 0 Å². The molecule has 1 aliphatic rings. The molecule has 23 heavy (non-hydrogen) atoms. The highest BCUT2D eigenvalue weighted by Crippen LogP contribution is 2.26. The van der Waals surface area contributed by atoms with Crippen LogP contribution in [0.3, 0.4) is 0 Å². The molecule has 0 heterocycles. The number of aliphatic hydroxyl groups excluding tert-OH is 1. The number of carbonyl (C=O) groups is 2. The van der Waals surface area contributed by atoms with Crippen LogP contribution in [-0.4, -0.2) is 29.4 Å². The van der Waals surface area contributed by atoms with Crippen molar-refractivity contribution in [3.63, 3.8) is 0 Å². The second-order valence-electron chi connectivity index (χ2n) is 6.02. The van der Waals surface area contributed by atoms with Gasteiger partial charge in [-0.2, -0.15) is 0 Å². The fourth-order valence-corrected chi connectivity index (χ4v) is 2.42. The topological polar surface area (TPSA) is 63.6 Å². The molecule has 1 unspecified atom stereocenters. The molecule has 0 bridgehead atoms. The van der Waals surface area contributed by atoms with Gasteiger partial charge in [-0.25, -0.2) is 0 Å². The molecule has 1 atom stereocenters. The van der Waals surface area contributed by atoms with Crippen molar-refractivity contribution in [2.45, 2.75) is 39.7 Å². The molecular weight excluding hydrogens is 292 g/mol. The van der Waals surface area contributed by atoms with Gasteiger partial charge in [0.2, 0.25) is 0 Å². The van der Waals surface area contributed by atoms with Crippen LogP contribution in [0.2, 0.25) is 0 Å². The summed E-state index contributed by atoms with van der Waals surface area (Å²) in [6, 6.07) is 4.71. The zero-order chi connectivity index (χ0) is 17.0. The molecule has 1 aromatic rings. The maximum absolute atomic E-state index is 11.8. The normalized spacial score (nSPS) is 17.2. The molecule has 0 aromatic heterocycles. The quantitative estimate of drug-likeness (QED) is 0.645. The highest BCUT2D eigenvalue weighted by Gasteiger charge is 2.37. The van der Waals surface area contributed by atoms with Gasteiger partial charge < -0.3 is 9.84 Å². The van der Waals surface area contributed by atoms with Crippen molar-refractivity contribution in [1.29, 1.82) is 0 Å². The van der Waals surface area contributed by atoms with E-state index in [2.05, 4.69) is 26.8 Å². The van der Waals surface area contributed by atoms with Gasteiger partial charge in [-0.05, 0) is 57.9 Å². The van der Waals surface area contributed by atoms with Crippen LogP contribution in [0.4, 0.5) is 0 Å². The Balaban J connectivity index is 1.94. The van der Waals surface area contributed by atoms with Gasteiger partial charge in [0.15, 0.2) is 17.7 Å². The molecule has 4 nitrogen and oxygen atoms in total. The lowest BCUT2D eigenvalue weighted by Gasteiger charge is -2.06. The first-order chi connectivity index (χ1) is 10.9. The first-order valence-electron chi connectivity index (χ1n) is 7.72. The lowest BCUT2D eigenvalue weighted by molar-refractivity contribution is 0.0663. The number of carbonyl (C=O) groups excluding carboxylic acids is 2. The van der Waals surface area contributed by atoms with Gasteiger partial charge in [0.05, 0.1) is 0 Å². The lowest BCUT2D eigenvalue weighted by atomic mass is 10.1. The standard InChI is InChI=1S/C19H22O4/c1-12(2)5-4-6-13(3)9-10-23-14-7-8-15-16(11-14)18(21)19(22)17(15)20/h5,7-9,11,19,22H,4,6,10H2,1-3H3/b13-9+. The first-order valence-corrected chi connectivity index (χ1v) is 7.72. The third-order valence-electron chi connectivity index (χ3n) is 3.79. The maximum Gasteiger partial charge on any atom is 0.200 e. The number of fused-ring (bicyclic) bond motifs is 1. The minimum atomic E-state index is -1.56. The van der Waals surface area contributed by atoms with Gasteiger partial charge >= 0.3 is 0 Å². The Labute approximate surface area is 136 Å². The molecule has 0 saturated heterocycles. The lowest BCUT2D eigenvalue weighted by Crippen LogP contribution is -2.20. The number of hydrogen-bond donors (Lipinski definition) is 1. The third kappa shape index (κ3) is 4.17.